The van der Waals surface area contributed by atoms with Crippen molar-refractivity contribution in [1.82, 2.24) is 0 Å². The summed E-state index contributed by atoms with van der Waals surface area (Å²) in [6.45, 7) is -0.122. The Morgan fingerprint density at radius 2 is 2.00 bits per heavy atom. The van der Waals surface area contributed by atoms with E-state index in [1.54, 1.807) is 32.4 Å². The highest BCUT2D eigenvalue weighted by Gasteiger charge is 2.11. The molecule has 1 aromatic rings. The highest BCUT2D eigenvalue weighted by molar-refractivity contribution is 5.85. The van der Waals surface area contributed by atoms with Gasteiger partial charge in [-0.3, -0.25) is 0 Å². The van der Waals surface area contributed by atoms with Crippen LogP contribution in [0.4, 0.5) is 0 Å². The molecule has 4 nitrogen and oxygen atoms in total. The maximum absolute atomic E-state index is 8.95. The Kier molecular flexibility index (Phi) is 6.08. The third-order valence-electron chi connectivity index (χ3n) is 2.03. The van der Waals surface area contributed by atoms with Crippen LogP contribution in [0.1, 0.15) is 11.6 Å². The van der Waals surface area contributed by atoms with Crippen LogP contribution in [0.5, 0.6) is 11.5 Å². The van der Waals surface area contributed by atoms with E-state index in [1.165, 1.54) is 0 Å². The summed E-state index contributed by atoms with van der Waals surface area (Å²) in [4.78, 5) is 0. The third kappa shape index (κ3) is 3.27. The number of nitrogens with two attached hydrogens (primary N) is 1. The van der Waals surface area contributed by atoms with Gasteiger partial charge < -0.3 is 20.3 Å². The average Bonchev–Trinajstić information content (AvgIpc) is 2.27. The SMILES string of the molecule is COc1ccc(OC)c([C@@H](N)CO)c1.Cl. The number of aliphatic hydroxyl groups is 1. The highest BCUT2D eigenvalue weighted by Crippen LogP contribution is 2.27. The molecule has 0 unspecified atom stereocenters. The largest absolute Gasteiger partial charge is 0.497 e. The molecule has 1 rings (SSSR count). The minimum absolute atomic E-state index is 0. The molecule has 0 aliphatic heterocycles. The predicted molar refractivity (Wildman–Crippen MR) is 60.8 cm³/mol. The molecule has 3 N–H and O–H groups in total. The molecule has 0 fully saturated rings. The van der Waals surface area contributed by atoms with E-state index in [0.717, 1.165) is 5.56 Å². The molecular formula is C10H16ClNO3. The average molecular weight is 234 g/mol. The van der Waals surface area contributed by atoms with E-state index in [4.69, 9.17) is 20.3 Å². The highest BCUT2D eigenvalue weighted by atomic mass is 35.5. The van der Waals surface area contributed by atoms with Crippen LogP contribution in [0.2, 0.25) is 0 Å². The molecule has 0 heterocycles. The van der Waals surface area contributed by atoms with Crippen molar-refractivity contribution >= 4 is 12.4 Å². The lowest BCUT2D eigenvalue weighted by Crippen LogP contribution is -2.15. The molecule has 0 aliphatic carbocycles. The smallest absolute Gasteiger partial charge is 0.123 e. The first-order chi connectivity index (χ1) is 6.72. The standard InChI is InChI=1S/C10H15NO3.ClH/c1-13-7-3-4-10(14-2)8(5-7)9(11)6-12;/h3-5,9,12H,6,11H2,1-2H3;1H/t9-;/m0./s1. The zero-order chi connectivity index (χ0) is 10.6. The number of methoxy groups -OCH3 is 2. The Balaban J connectivity index is 0.00000196. The van der Waals surface area contributed by atoms with Gasteiger partial charge in [0, 0.05) is 5.56 Å². The molecule has 86 valence electrons. The Morgan fingerprint density at radius 1 is 1.33 bits per heavy atom. The van der Waals surface area contributed by atoms with Gasteiger partial charge in [-0.05, 0) is 18.2 Å². The van der Waals surface area contributed by atoms with Gasteiger partial charge in [0.25, 0.3) is 0 Å². The maximum Gasteiger partial charge on any atom is 0.123 e. The van der Waals surface area contributed by atoms with Crippen LogP contribution in [0.15, 0.2) is 18.2 Å². The predicted octanol–water partition coefficient (Wildman–Crippen LogP) is 1.12. The first-order valence-electron chi connectivity index (χ1n) is 4.31. The number of rotatable bonds is 4. The van der Waals surface area contributed by atoms with E-state index in [2.05, 4.69) is 0 Å². The fraction of sp³-hybridized carbons (Fsp3) is 0.400. The molecule has 0 aromatic heterocycles. The quantitative estimate of drug-likeness (QED) is 0.818. The summed E-state index contributed by atoms with van der Waals surface area (Å²) in [6, 6.07) is 4.87. The number of hydrogen-bond acceptors (Lipinski definition) is 4. The third-order valence-corrected chi connectivity index (χ3v) is 2.03. The first kappa shape index (κ1) is 14.0. The maximum atomic E-state index is 8.95. The Bertz CT molecular complexity index is 307. The monoisotopic (exact) mass is 233 g/mol. The van der Waals surface area contributed by atoms with Gasteiger partial charge in [-0.15, -0.1) is 12.4 Å². The number of ether oxygens (including phenoxy) is 2. The van der Waals surface area contributed by atoms with Crippen LogP contribution in [-0.2, 0) is 0 Å². The molecule has 15 heavy (non-hydrogen) atoms. The van der Waals surface area contributed by atoms with Crippen LogP contribution in [0, 0.1) is 0 Å². The topological polar surface area (TPSA) is 64.7 Å². The fourth-order valence-corrected chi connectivity index (χ4v) is 1.23. The van der Waals surface area contributed by atoms with Gasteiger partial charge >= 0.3 is 0 Å². The van der Waals surface area contributed by atoms with E-state index in [1.807, 2.05) is 0 Å². The van der Waals surface area contributed by atoms with Crippen LogP contribution >= 0.6 is 12.4 Å². The van der Waals surface area contributed by atoms with Gasteiger partial charge in [0.1, 0.15) is 11.5 Å². The number of halogens is 1. The van der Waals surface area contributed by atoms with E-state index in [9.17, 15) is 0 Å². The normalized spacial score (nSPS) is 11.5. The summed E-state index contributed by atoms with van der Waals surface area (Å²) in [5.41, 5.74) is 6.45. The van der Waals surface area contributed by atoms with Gasteiger partial charge in [0.15, 0.2) is 0 Å². The lowest BCUT2D eigenvalue weighted by Gasteiger charge is -2.14. The van der Waals surface area contributed by atoms with E-state index in [0.29, 0.717) is 11.5 Å². The first-order valence-corrected chi connectivity index (χ1v) is 4.31. The molecule has 1 aromatic carbocycles. The molecule has 5 heteroatoms. The molecule has 0 saturated heterocycles. The van der Waals surface area contributed by atoms with Crippen molar-refractivity contribution in [2.75, 3.05) is 20.8 Å². The summed E-state index contributed by atoms with van der Waals surface area (Å²) >= 11 is 0. The zero-order valence-electron chi connectivity index (χ0n) is 8.77. The Hall–Kier alpha value is -0.970. The lowest BCUT2D eigenvalue weighted by atomic mass is 10.1. The zero-order valence-corrected chi connectivity index (χ0v) is 9.58. The van der Waals surface area contributed by atoms with Crippen molar-refractivity contribution in [3.8, 4) is 11.5 Å². The van der Waals surface area contributed by atoms with Crippen molar-refractivity contribution in [3.05, 3.63) is 23.8 Å². The molecule has 0 bridgehead atoms. The van der Waals surface area contributed by atoms with Crippen LogP contribution < -0.4 is 15.2 Å². The molecule has 0 aliphatic rings. The molecular weight excluding hydrogens is 218 g/mol. The summed E-state index contributed by atoms with van der Waals surface area (Å²) in [5, 5.41) is 8.95. The fourth-order valence-electron chi connectivity index (χ4n) is 1.23. The second kappa shape index (κ2) is 6.50. The van der Waals surface area contributed by atoms with Crippen LogP contribution in [0.3, 0.4) is 0 Å². The lowest BCUT2D eigenvalue weighted by molar-refractivity contribution is 0.264. The van der Waals surface area contributed by atoms with E-state index >= 15 is 0 Å². The molecule has 0 saturated carbocycles. The van der Waals surface area contributed by atoms with Gasteiger partial charge in [-0.1, -0.05) is 0 Å². The summed E-state index contributed by atoms with van der Waals surface area (Å²) in [5.74, 6) is 1.36. The Labute approximate surface area is 95.4 Å². The van der Waals surface area contributed by atoms with Crippen molar-refractivity contribution in [2.45, 2.75) is 6.04 Å². The van der Waals surface area contributed by atoms with E-state index in [-0.39, 0.29) is 19.0 Å². The van der Waals surface area contributed by atoms with Gasteiger partial charge in [0.2, 0.25) is 0 Å². The number of aliphatic hydroxyl groups excluding tert-OH is 1. The molecule has 1 atom stereocenters. The minimum Gasteiger partial charge on any atom is -0.497 e. The molecule has 0 spiro atoms. The van der Waals surface area contributed by atoms with Crippen molar-refractivity contribution in [1.29, 1.82) is 0 Å². The number of hydrogen-bond donors (Lipinski definition) is 2. The second-order valence-electron chi connectivity index (χ2n) is 2.90. The van der Waals surface area contributed by atoms with Gasteiger partial charge in [-0.25, -0.2) is 0 Å². The minimum atomic E-state index is -0.444. The van der Waals surface area contributed by atoms with Crippen molar-refractivity contribution < 1.29 is 14.6 Å². The number of benzene rings is 1. The summed E-state index contributed by atoms with van der Waals surface area (Å²) < 4.78 is 10.2. The van der Waals surface area contributed by atoms with Gasteiger partial charge in [-0.2, -0.15) is 0 Å². The second-order valence-corrected chi connectivity index (χ2v) is 2.90. The van der Waals surface area contributed by atoms with Crippen LogP contribution in [0.25, 0.3) is 0 Å². The summed E-state index contributed by atoms with van der Waals surface area (Å²) in [7, 11) is 3.14. The van der Waals surface area contributed by atoms with Crippen molar-refractivity contribution in [2.24, 2.45) is 5.73 Å². The summed E-state index contributed by atoms with van der Waals surface area (Å²) in [6.07, 6.45) is 0. The van der Waals surface area contributed by atoms with Gasteiger partial charge in [0.05, 0.1) is 26.9 Å². The molecule has 0 radical (unpaired) electrons. The van der Waals surface area contributed by atoms with Crippen molar-refractivity contribution in [3.63, 3.8) is 0 Å². The van der Waals surface area contributed by atoms with E-state index < -0.39 is 6.04 Å². The molecule has 0 amide bonds. The van der Waals surface area contributed by atoms with Crippen LogP contribution in [-0.4, -0.2) is 25.9 Å². The Morgan fingerprint density at radius 3 is 2.47 bits per heavy atom.